The minimum atomic E-state index is -1.17. The molecule has 2 atom stereocenters. The zero-order valence-electron chi connectivity index (χ0n) is 14.9. The Labute approximate surface area is 171 Å². The molecule has 4 nitrogen and oxygen atoms in total. The van der Waals surface area contributed by atoms with E-state index in [0.29, 0.717) is 27.1 Å². The summed E-state index contributed by atoms with van der Waals surface area (Å²) in [6, 6.07) is 11.4. The van der Waals surface area contributed by atoms with Gasteiger partial charge in [-0.1, -0.05) is 23.7 Å². The van der Waals surface area contributed by atoms with E-state index >= 15 is 0 Å². The molecule has 2 unspecified atom stereocenters. The van der Waals surface area contributed by atoms with Gasteiger partial charge >= 0.3 is 0 Å². The van der Waals surface area contributed by atoms with Crippen molar-refractivity contribution in [3.8, 4) is 6.07 Å². The highest BCUT2D eigenvalue weighted by Crippen LogP contribution is 2.27. The van der Waals surface area contributed by atoms with Crippen LogP contribution < -0.4 is 0 Å². The fourth-order valence-corrected chi connectivity index (χ4v) is 5.48. The van der Waals surface area contributed by atoms with Crippen molar-refractivity contribution < 1.29 is 9.32 Å². The van der Waals surface area contributed by atoms with E-state index < -0.39 is 16.9 Å². The van der Waals surface area contributed by atoms with Crippen LogP contribution in [-0.4, -0.2) is 31.9 Å². The zero-order valence-corrected chi connectivity index (χ0v) is 17.2. The van der Waals surface area contributed by atoms with Crippen LogP contribution in [0.15, 0.2) is 35.4 Å². The molecule has 0 bridgehead atoms. The molecule has 1 N–H and O–H groups in total. The molecule has 1 aliphatic rings. The predicted molar refractivity (Wildman–Crippen MR) is 110 cm³/mol. The number of nitriles is 1. The van der Waals surface area contributed by atoms with Gasteiger partial charge in [-0.2, -0.15) is 5.26 Å². The third-order valence-corrected chi connectivity index (χ3v) is 7.22. The van der Waals surface area contributed by atoms with E-state index in [9.17, 15) is 14.6 Å². The van der Waals surface area contributed by atoms with Gasteiger partial charge in [0.1, 0.15) is 11.1 Å². The van der Waals surface area contributed by atoms with E-state index in [0.717, 1.165) is 36.9 Å². The van der Waals surface area contributed by atoms with E-state index in [4.69, 9.17) is 11.6 Å². The summed E-state index contributed by atoms with van der Waals surface area (Å²) in [5.41, 5.74) is 3.74. The zero-order chi connectivity index (χ0) is 19.2. The Morgan fingerprint density at radius 1 is 1.30 bits per heavy atom. The van der Waals surface area contributed by atoms with Crippen molar-refractivity contribution in [3.63, 3.8) is 0 Å². The third kappa shape index (κ3) is 5.79. The second-order valence-electron chi connectivity index (χ2n) is 6.61. The molecule has 2 aromatic rings. The number of thioether (sulfide) groups is 1. The first kappa shape index (κ1) is 20.3. The number of halogens is 1. The number of aromatic nitrogens is 1. The molecule has 0 saturated carbocycles. The summed E-state index contributed by atoms with van der Waals surface area (Å²) in [6.45, 7) is 0. The minimum absolute atomic E-state index is 0.197. The third-order valence-electron chi connectivity index (χ3n) is 4.42. The molecular weight excluding hydrogens is 400 g/mol. The lowest BCUT2D eigenvalue weighted by Gasteiger charge is -2.17. The molecule has 7 heteroatoms. The smallest absolute Gasteiger partial charge is 0.114 e. The molecule has 0 fully saturated rings. The van der Waals surface area contributed by atoms with Crippen molar-refractivity contribution in [1.29, 1.82) is 5.26 Å². The topological polar surface area (TPSA) is 74.0 Å². The maximum atomic E-state index is 12.3. The molecule has 27 heavy (non-hydrogen) atoms. The molecule has 1 aliphatic carbocycles. The number of rotatable bonds is 7. The molecule has 142 valence electrons. The fraction of sp³-hybridized carbons (Fsp3) is 0.400. The molecule has 1 aromatic heterocycles. The van der Waals surface area contributed by atoms with E-state index in [1.54, 1.807) is 12.1 Å². The van der Waals surface area contributed by atoms with Crippen LogP contribution in [0, 0.1) is 11.3 Å². The van der Waals surface area contributed by atoms with Crippen LogP contribution in [0.2, 0.25) is 5.02 Å². The molecule has 0 radical (unpaired) electrons. The molecule has 0 saturated heterocycles. The van der Waals surface area contributed by atoms with Gasteiger partial charge in [0.15, 0.2) is 0 Å². The van der Waals surface area contributed by atoms with Gasteiger partial charge in [0.05, 0.1) is 17.4 Å². The van der Waals surface area contributed by atoms with Crippen LogP contribution in [0.5, 0.6) is 0 Å². The Morgan fingerprint density at radius 3 is 2.78 bits per heavy atom. The van der Waals surface area contributed by atoms with Crippen LogP contribution in [0.3, 0.4) is 0 Å². The summed E-state index contributed by atoms with van der Waals surface area (Å²) in [6.07, 6.45) is 3.48. The molecule has 0 spiro atoms. The molecule has 1 heterocycles. The van der Waals surface area contributed by atoms with Crippen molar-refractivity contribution in [2.75, 3.05) is 11.5 Å². The van der Waals surface area contributed by atoms with Crippen molar-refractivity contribution in [2.45, 2.75) is 42.6 Å². The number of fused-ring (bicyclic) bond motifs is 1. The maximum absolute atomic E-state index is 12.3. The van der Waals surface area contributed by atoms with E-state index in [1.165, 1.54) is 17.3 Å². The number of hydrogen-bond acceptors (Lipinski definition) is 5. The van der Waals surface area contributed by atoms with Gasteiger partial charge < -0.3 is 5.11 Å². The lowest BCUT2D eigenvalue weighted by Crippen LogP contribution is -2.20. The second kappa shape index (κ2) is 9.70. The SMILES string of the molecule is N#Cc1cc2c(nc1SCC(O)CS(=O)Cc1ccc(Cl)cc1)CCCC2. The van der Waals surface area contributed by atoms with Gasteiger partial charge in [0.2, 0.25) is 0 Å². The van der Waals surface area contributed by atoms with Crippen LogP contribution >= 0.6 is 23.4 Å². The summed E-state index contributed by atoms with van der Waals surface area (Å²) < 4.78 is 12.3. The number of nitrogens with zero attached hydrogens (tertiary/aromatic N) is 2. The minimum Gasteiger partial charge on any atom is -0.391 e. The predicted octanol–water partition coefficient (Wildman–Crippen LogP) is 3.89. The average molecular weight is 421 g/mol. The summed E-state index contributed by atoms with van der Waals surface area (Å²) >= 11 is 7.22. The maximum Gasteiger partial charge on any atom is 0.114 e. The van der Waals surface area contributed by atoms with Crippen LogP contribution in [0.4, 0.5) is 0 Å². The highest BCUT2D eigenvalue weighted by molar-refractivity contribution is 7.99. The number of aliphatic hydroxyl groups is 1. The lowest BCUT2D eigenvalue weighted by molar-refractivity contribution is 0.224. The van der Waals surface area contributed by atoms with Crippen molar-refractivity contribution in [2.24, 2.45) is 0 Å². The molecular formula is C20H21ClN2O2S2. The first-order valence-electron chi connectivity index (χ1n) is 8.88. The highest BCUT2D eigenvalue weighted by atomic mass is 35.5. The highest BCUT2D eigenvalue weighted by Gasteiger charge is 2.17. The molecule has 3 rings (SSSR count). The van der Waals surface area contributed by atoms with Crippen LogP contribution in [-0.2, 0) is 29.4 Å². The monoisotopic (exact) mass is 420 g/mol. The van der Waals surface area contributed by atoms with Gasteiger partial charge in [0.25, 0.3) is 0 Å². The molecule has 0 amide bonds. The fourth-order valence-electron chi connectivity index (χ4n) is 3.07. The van der Waals surface area contributed by atoms with Crippen LogP contribution in [0.25, 0.3) is 0 Å². The van der Waals surface area contributed by atoms with E-state index in [1.807, 2.05) is 18.2 Å². The summed E-state index contributed by atoms with van der Waals surface area (Å²) in [5, 5.41) is 21.0. The van der Waals surface area contributed by atoms with Crippen molar-refractivity contribution >= 4 is 34.2 Å². The van der Waals surface area contributed by atoms with Crippen molar-refractivity contribution in [3.05, 3.63) is 57.7 Å². The average Bonchev–Trinajstić information content (AvgIpc) is 2.67. The van der Waals surface area contributed by atoms with E-state index in [-0.39, 0.29) is 5.75 Å². The number of pyridine rings is 1. The summed E-state index contributed by atoms with van der Waals surface area (Å²) in [5.74, 6) is 0.953. The summed E-state index contributed by atoms with van der Waals surface area (Å²) in [7, 11) is -1.17. The largest absolute Gasteiger partial charge is 0.391 e. The Kier molecular flexibility index (Phi) is 7.31. The van der Waals surface area contributed by atoms with Crippen molar-refractivity contribution in [1.82, 2.24) is 4.98 Å². The Hall–Kier alpha value is -1.39. The quantitative estimate of drug-likeness (QED) is 0.688. The van der Waals surface area contributed by atoms with Gasteiger partial charge in [-0.15, -0.1) is 11.8 Å². The molecule has 0 aliphatic heterocycles. The summed E-state index contributed by atoms with van der Waals surface area (Å²) in [4.78, 5) is 4.65. The molecule has 1 aromatic carbocycles. The Morgan fingerprint density at radius 2 is 2.04 bits per heavy atom. The lowest BCUT2D eigenvalue weighted by atomic mass is 9.95. The van der Waals surface area contributed by atoms with Gasteiger partial charge in [-0.25, -0.2) is 4.98 Å². The van der Waals surface area contributed by atoms with Gasteiger partial charge in [-0.05, 0) is 55.0 Å². The number of aliphatic hydroxyl groups excluding tert-OH is 1. The van der Waals surface area contributed by atoms with Crippen LogP contribution in [0.1, 0.15) is 35.2 Å². The number of benzene rings is 1. The first-order chi connectivity index (χ1) is 13.0. The number of hydrogen-bond donors (Lipinski definition) is 1. The standard InChI is InChI=1S/C20H21ClN2O2S2/c21-17-7-5-14(6-8-17)12-27(25)13-18(24)11-26-20-16(10-22)9-15-3-1-2-4-19(15)23-20/h5-9,18,24H,1-4,11-13H2. The normalized spacial score (nSPS) is 15.6. The number of aryl methyl sites for hydroxylation is 2. The first-order valence-corrected chi connectivity index (χ1v) is 11.7. The van der Waals surface area contributed by atoms with E-state index in [2.05, 4.69) is 11.1 Å². The Bertz CT molecular complexity index is 866. The van der Waals surface area contributed by atoms with Gasteiger partial charge in [-0.3, -0.25) is 4.21 Å². The second-order valence-corrected chi connectivity index (χ2v) is 9.55. The Balaban J connectivity index is 1.55. The van der Waals surface area contributed by atoms with Gasteiger partial charge in [0, 0.05) is 33.0 Å².